The molecule has 7 heteroatoms. The number of carbonyl (C=O) groups is 2. The summed E-state index contributed by atoms with van der Waals surface area (Å²) in [6, 6.07) is 0. The lowest BCUT2D eigenvalue weighted by molar-refractivity contribution is -0.143. The number of carbonyl (C=O) groups excluding carboxylic acids is 1. The number of aliphatic carboxylic acids is 1. The van der Waals surface area contributed by atoms with Crippen molar-refractivity contribution in [3.05, 3.63) is 23.8 Å². The van der Waals surface area contributed by atoms with E-state index in [-0.39, 0.29) is 29.3 Å². The molecule has 5 rings (SSSR count). The van der Waals surface area contributed by atoms with E-state index in [2.05, 4.69) is 43.4 Å². The predicted molar refractivity (Wildman–Crippen MR) is 142 cm³/mol. The van der Waals surface area contributed by atoms with Gasteiger partial charge in [0.25, 0.3) is 5.91 Å². The molecule has 0 spiro atoms. The Morgan fingerprint density at radius 1 is 1.05 bits per heavy atom. The monoisotopic (exact) mass is 512 g/mol. The number of carboxylic acids is 1. The summed E-state index contributed by atoms with van der Waals surface area (Å²) < 4.78 is 0. The van der Waals surface area contributed by atoms with Crippen LogP contribution in [-0.4, -0.2) is 46.6 Å². The zero-order valence-electron chi connectivity index (χ0n) is 22.7. The van der Waals surface area contributed by atoms with E-state index in [9.17, 15) is 14.7 Å². The molecule has 3 N–H and O–H groups in total. The maximum atomic E-state index is 12.2. The fraction of sp³-hybridized carbons (Fsp3) is 0.767. The number of oxime groups is 1. The number of amides is 1. The summed E-state index contributed by atoms with van der Waals surface area (Å²) in [4.78, 5) is 28.7. The number of nitrogens with zero attached hydrogens (tertiary/aromatic N) is 1. The lowest BCUT2D eigenvalue weighted by Gasteiger charge is -2.58. The van der Waals surface area contributed by atoms with Gasteiger partial charge in [-0.3, -0.25) is 9.59 Å². The van der Waals surface area contributed by atoms with Crippen LogP contribution in [0.15, 0.2) is 29.0 Å². The van der Waals surface area contributed by atoms with Crippen molar-refractivity contribution in [2.24, 2.45) is 45.6 Å². The van der Waals surface area contributed by atoms with E-state index in [0.717, 1.165) is 50.7 Å². The molecule has 3 unspecified atom stereocenters. The molecule has 0 radical (unpaired) electrons. The second kappa shape index (κ2) is 9.87. The second-order valence-electron chi connectivity index (χ2n) is 13.1. The van der Waals surface area contributed by atoms with Crippen LogP contribution in [0.2, 0.25) is 0 Å². The second-order valence-corrected chi connectivity index (χ2v) is 13.1. The molecule has 0 aromatic rings. The fourth-order valence-electron chi connectivity index (χ4n) is 8.60. The Bertz CT molecular complexity index is 1010. The first-order chi connectivity index (χ1) is 17.5. The minimum atomic E-state index is -0.708. The summed E-state index contributed by atoms with van der Waals surface area (Å²) >= 11 is 0. The van der Waals surface area contributed by atoms with Gasteiger partial charge in [0.05, 0.1) is 11.5 Å². The molecule has 7 nitrogen and oxygen atoms in total. The third-order valence-corrected chi connectivity index (χ3v) is 11.3. The van der Waals surface area contributed by atoms with Gasteiger partial charge in [-0.05, 0) is 112 Å². The van der Waals surface area contributed by atoms with Crippen molar-refractivity contribution in [3.8, 4) is 0 Å². The highest BCUT2D eigenvalue weighted by molar-refractivity contribution is 6.05. The molecule has 5 aliphatic carbocycles. The van der Waals surface area contributed by atoms with Crippen LogP contribution in [-0.2, 0) is 14.4 Å². The van der Waals surface area contributed by atoms with Crippen LogP contribution in [0.1, 0.15) is 85.0 Å². The number of hydrogen-bond acceptors (Lipinski definition) is 5. The highest BCUT2D eigenvalue weighted by Gasteiger charge is 2.61. The number of fused-ring (bicyclic) bond motifs is 5. The van der Waals surface area contributed by atoms with Crippen molar-refractivity contribution in [2.45, 2.75) is 90.6 Å². The van der Waals surface area contributed by atoms with Gasteiger partial charge in [0, 0.05) is 12.0 Å². The average Bonchev–Trinajstić information content (AvgIpc) is 3.11. The maximum absolute atomic E-state index is 12.2. The fourth-order valence-corrected chi connectivity index (χ4v) is 8.60. The van der Waals surface area contributed by atoms with Crippen molar-refractivity contribution in [1.82, 2.24) is 5.32 Å². The van der Waals surface area contributed by atoms with Gasteiger partial charge in [0.15, 0.2) is 6.61 Å². The molecule has 0 heterocycles. The van der Waals surface area contributed by atoms with Crippen LogP contribution in [0.5, 0.6) is 0 Å². The molecule has 5 aliphatic rings. The number of hydrogen-bond donors (Lipinski definition) is 3. The summed E-state index contributed by atoms with van der Waals surface area (Å²) in [6.07, 6.45) is 16.0. The molecule has 0 aliphatic heterocycles. The Hall–Kier alpha value is -2.15. The molecule has 0 aromatic carbocycles. The number of rotatable bonds is 6. The summed E-state index contributed by atoms with van der Waals surface area (Å²) in [5.41, 5.74) is 1.67. The first kappa shape index (κ1) is 26.5. The number of allylic oxidation sites excluding steroid dienone is 4. The van der Waals surface area contributed by atoms with Crippen LogP contribution in [0.4, 0.5) is 0 Å². The van der Waals surface area contributed by atoms with Crippen LogP contribution >= 0.6 is 0 Å². The van der Waals surface area contributed by atoms with Gasteiger partial charge < -0.3 is 20.4 Å². The molecule has 37 heavy (non-hydrogen) atoms. The van der Waals surface area contributed by atoms with Crippen molar-refractivity contribution < 1.29 is 24.6 Å². The van der Waals surface area contributed by atoms with E-state index in [1.807, 2.05) is 6.08 Å². The highest BCUT2D eigenvalue weighted by Crippen LogP contribution is 2.66. The molecule has 6 atom stereocenters. The van der Waals surface area contributed by atoms with Gasteiger partial charge in [0.2, 0.25) is 0 Å². The highest BCUT2D eigenvalue weighted by atomic mass is 16.6. The van der Waals surface area contributed by atoms with Crippen LogP contribution in [0.25, 0.3) is 0 Å². The number of nitrogens with one attached hydrogen (secondary N) is 1. The van der Waals surface area contributed by atoms with E-state index in [4.69, 9.17) is 9.94 Å². The molecule has 204 valence electrons. The first-order valence-electron chi connectivity index (χ1n) is 14.4. The van der Waals surface area contributed by atoms with E-state index in [1.165, 1.54) is 12.0 Å². The molecule has 0 bridgehead atoms. The summed E-state index contributed by atoms with van der Waals surface area (Å²) in [5, 5.41) is 27.4. The Morgan fingerprint density at radius 2 is 1.78 bits per heavy atom. The number of aliphatic hydroxyl groups is 1. The topological polar surface area (TPSA) is 108 Å². The minimum Gasteiger partial charge on any atom is -0.481 e. The van der Waals surface area contributed by atoms with Crippen molar-refractivity contribution in [3.63, 3.8) is 0 Å². The summed E-state index contributed by atoms with van der Waals surface area (Å²) in [5.74, 6) is 1.03. The molecule has 1 amide bonds. The zero-order valence-corrected chi connectivity index (χ0v) is 22.7. The van der Waals surface area contributed by atoms with Crippen molar-refractivity contribution >= 4 is 17.6 Å². The van der Waals surface area contributed by atoms with E-state index in [0.29, 0.717) is 43.1 Å². The molecule has 0 saturated heterocycles. The van der Waals surface area contributed by atoms with Gasteiger partial charge in [-0.25, -0.2) is 0 Å². The molecule has 0 aromatic heterocycles. The largest absolute Gasteiger partial charge is 0.481 e. The number of carboxylic acid groups (broad SMARTS) is 1. The smallest absolute Gasteiger partial charge is 0.306 e. The van der Waals surface area contributed by atoms with Crippen molar-refractivity contribution in [2.75, 3.05) is 13.2 Å². The molecular formula is C30H44N2O5. The Labute approximate surface area is 220 Å². The van der Waals surface area contributed by atoms with E-state index in [1.54, 1.807) is 0 Å². The Morgan fingerprint density at radius 3 is 2.51 bits per heavy atom. The van der Waals surface area contributed by atoms with Crippen LogP contribution < -0.4 is 5.32 Å². The van der Waals surface area contributed by atoms with Crippen LogP contribution in [0, 0.1) is 40.4 Å². The normalized spacial score (nSPS) is 43.8. The first-order valence-corrected chi connectivity index (χ1v) is 14.4. The third-order valence-electron chi connectivity index (χ3n) is 11.3. The zero-order chi connectivity index (χ0) is 26.4. The SMILES string of the molecule is C[C@]12C=CC(=NOCC(=O)NCC3CCC(C(=O)O)CC3)C=C1CCC1C2CC[C@@]2(C)C1CC[C@]2(C)O. The van der Waals surface area contributed by atoms with Crippen molar-refractivity contribution in [1.29, 1.82) is 0 Å². The Kier molecular flexibility index (Phi) is 7.05. The Balaban J connectivity index is 1.13. The van der Waals surface area contributed by atoms with Gasteiger partial charge in [-0.2, -0.15) is 0 Å². The lowest BCUT2D eigenvalue weighted by atomic mass is 9.47. The quantitative estimate of drug-likeness (QED) is 0.441. The average molecular weight is 513 g/mol. The third kappa shape index (κ3) is 4.77. The molecule has 4 saturated carbocycles. The van der Waals surface area contributed by atoms with Gasteiger partial charge in [-0.15, -0.1) is 0 Å². The van der Waals surface area contributed by atoms with E-state index < -0.39 is 11.6 Å². The maximum Gasteiger partial charge on any atom is 0.306 e. The summed E-state index contributed by atoms with van der Waals surface area (Å²) in [7, 11) is 0. The van der Waals surface area contributed by atoms with Gasteiger partial charge in [-0.1, -0.05) is 30.7 Å². The van der Waals surface area contributed by atoms with Gasteiger partial charge in [0.1, 0.15) is 5.71 Å². The predicted octanol–water partition coefficient (Wildman–Crippen LogP) is 4.86. The van der Waals surface area contributed by atoms with Gasteiger partial charge >= 0.3 is 5.97 Å². The molecular weight excluding hydrogens is 468 g/mol. The van der Waals surface area contributed by atoms with E-state index >= 15 is 0 Å². The van der Waals surface area contributed by atoms with Crippen LogP contribution in [0.3, 0.4) is 0 Å². The standard InChI is InChI=1S/C30H44N2O5/c1-28-13-10-22(32-37-18-26(33)31-17-19-4-6-20(7-5-19)27(34)35)16-21(28)8-9-23-24(28)11-14-29(2)25(23)12-15-30(29,3)36/h10,13,16,19-20,23-25,36H,4-9,11-12,14-15,17-18H2,1-3H3,(H,31,33)(H,34,35)/t19?,20?,23?,24?,25?,28-,29-,30-/m0/s1. The molecule has 4 fully saturated rings. The lowest BCUT2D eigenvalue weighted by Crippen LogP contribution is -2.53. The summed E-state index contributed by atoms with van der Waals surface area (Å²) in [6.45, 7) is 7.20. The minimum absolute atomic E-state index is 0.0226.